The molecule has 1 aromatic heterocycles. The molecule has 0 bridgehead atoms. The highest BCUT2D eigenvalue weighted by Gasteiger charge is 2.04. The average molecular weight is 290 g/mol. The number of carboxylic acid groups (broad SMARTS) is 1. The highest BCUT2D eigenvalue weighted by atomic mass is 16.5. The summed E-state index contributed by atoms with van der Waals surface area (Å²) in [4.78, 5) is 22.1. The van der Waals surface area contributed by atoms with Crippen molar-refractivity contribution < 1.29 is 19.4 Å². The van der Waals surface area contributed by atoms with Gasteiger partial charge >= 0.3 is 5.97 Å². The normalized spacial score (nSPS) is 10.1. The molecule has 110 valence electrons. The van der Waals surface area contributed by atoms with Gasteiger partial charge in [-0.15, -0.1) is 5.10 Å². The lowest BCUT2D eigenvalue weighted by molar-refractivity contribution is -0.139. The van der Waals surface area contributed by atoms with Gasteiger partial charge in [-0.2, -0.15) is 0 Å². The number of carboxylic acids is 1. The zero-order valence-corrected chi connectivity index (χ0v) is 11.1. The fourth-order valence-corrected chi connectivity index (χ4v) is 1.57. The van der Waals surface area contributed by atoms with E-state index in [1.165, 1.54) is 0 Å². The molecule has 0 radical (unpaired) electrons. The van der Waals surface area contributed by atoms with Crippen LogP contribution >= 0.6 is 0 Å². The number of ether oxygens (including phenoxy) is 1. The number of aromatic nitrogens is 3. The lowest BCUT2D eigenvalue weighted by Gasteiger charge is -2.07. The summed E-state index contributed by atoms with van der Waals surface area (Å²) in [6.45, 7) is 0.0508. The van der Waals surface area contributed by atoms with Gasteiger partial charge in [0.1, 0.15) is 5.75 Å². The van der Waals surface area contributed by atoms with Gasteiger partial charge in [0.15, 0.2) is 6.61 Å². The summed E-state index contributed by atoms with van der Waals surface area (Å²) >= 11 is 0. The van der Waals surface area contributed by atoms with Crippen molar-refractivity contribution in [3.63, 3.8) is 0 Å². The third-order valence-corrected chi connectivity index (χ3v) is 2.54. The second kappa shape index (κ2) is 7.04. The largest absolute Gasteiger partial charge is 0.482 e. The molecule has 0 unspecified atom stereocenters. The van der Waals surface area contributed by atoms with Crippen LogP contribution < -0.4 is 10.1 Å². The van der Waals surface area contributed by atoms with E-state index in [1.54, 1.807) is 41.3 Å². The first-order valence-electron chi connectivity index (χ1n) is 6.22. The summed E-state index contributed by atoms with van der Waals surface area (Å²) in [6.07, 6.45) is 3.51. The topological polar surface area (TPSA) is 106 Å². The van der Waals surface area contributed by atoms with Gasteiger partial charge in [-0.3, -0.25) is 9.48 Å². The summed E-state index contributed by atoms with van der Waals surface area (Å²) < 4.78 is 6.56. The van der Waals surface area contributed by atoms with E-state index in [4.69, 9.17) is 9.84 Å². The smallest absolute Gasteiger partial charge is 0.341 e. The van der Waals surface area contributed by atoms with Gasteiger partial charge in [0.05, 0.1) is 12.7 Å². The molecule has 2 aromatic rings. The third-order valence-electron chi connectivity index (χ3n) is 2.54. The Morgan fingerprint density at radius 1 is 1.29 bits per heavy atom. The van der Waals surface area contributed by atoms with Crippen LogP contribution in [0.15, 0.2) is 36.7 Å². The van der Waals surface area contributed by atoms with Crippen LogP contribution in [0, 0.1) is 0 Å². The van der Waals surface area contributed by atoms with E-state index in [2.05, 4.69) is 15.6 Å². The Morgan fingerprint density at radius 2 is 2.05 bits per heavy atom. The molecule has 0 saturated carbocycles. The van der Waals surface area contributed by atoms with Crippen molar-refractivity contribution in [2.75, 3.05) is 11.9 Å². The zero-order valence-electron chi connectivity index (χ0n) is 11.1. The molecule has 2 rings (SSSR count). The molecule has 8 heteroatoms. The number of anilines is 1. The summed E-state index contributed by atoms with van der Waals surface area (Å²) in [6, 6.07) is 6.47. The van der Waals surface area contributed by atoms with E-state index in [9.17, 15) is 9.59 Å². The van der Waals surface area contributed by atoms with Crippen LogP contribution in [0.1, 0.15) is 6.42 Å². The Kier molecular flexibility index (Phi) is 4.86. The molecule has 8 nitrogen and oxygen atoms in total. The van der Waals surface area contributed by atoms with Crippen LogP contribution in [0.5, 0.6) is 5.75 Å². The number of nitrogens with zero attached hydrogens (tertiary/aromatic N) is 3. The van der Waals surface area contributed by atoms with E-state index in [-0.39, 0.29) is 12.3 Å². The Bertz CT molecular complexity index is 595. The molecule has 0 atom stereocenters. The fraction of sp³-hybridized carbons (Fsp3) is 0.231. The minimum Gasteiger partial charge on any atom is -0.482 e. The van der Waals surface area contributed by atoms with Crippen LogP contribution in [0.25, 0.3) is 0 Å². The van der Waals surface area contributed by atoms with E-state index in [0.29, 0.717) is 18.0 Å². The molecule has 0 saturated heterocycles. The second-order valence-electron chi connectivity index (χ2n) is 4.17. The molecular weight excluding hydrogens is 276 g/mol. The quantitative estimate of drug-likeness (QED) is 0.780. The van der Waals surface area contributed by atoms with Crippen LogP contribution in [-0.2, 0) is 16.1 Å². The number of hydrogen-bond acceptors (Lipinski definition) is 5. The Morgan fingerprint density at radius 3 is 2.67 bits per heavy atom. The highest BCUT2D eigenvalue weighted by molar-refractivity contribution is 5.90. The van der Waals surface area contributed by atoms with Crippen molar-refractivity contribution in [2.24, 2.45) is 0 Å². The van der Waals surface area contributed by atoms with Crippen molar-refractivity contribution in [1.82, 2.24) is 15.0 Å². The van der Waals surface area contributed by atoms with Crippen molar-refractivity contribution in [3.05, 3.63) is 36.7 Å². The van der Waals surface area contributed by atoms with Gasteiger partial charge in [-0.25, -0.2) is 4.79 Å². The van der Waals surface area contributed by atoms with Crippen LogP contribution in [0.2, 0.25) is 0 Å². The van der Waals surface area contributed by atoms with Gasteiger partial charge in [0.2, 0.25) is 5.91 Å². The Balaban J connectivity index is 1.79. The molecule has 0 aliphatic rings. The minimum atomic E-state index is -1.04. The monoisotopic (exact) mass is 290 g/mol. The molecule has 2 N–H and O–H groups in total. The first kappa shape index (κ1) is 14.5. The fourth-order valence-electron chi connectivity index (χ4n) is 1.57. The SMILES string of the molecule is O=C(O)COc1ccc(NC(=O)CCn2ccnn2)cc1. The van der Waals surface area contributed by atoms with Crippen molar-refractivity contribution in [1.29, 1.82) is 0 Å². The van der Waals surface area contributed by atoms with Crippen molar-refractivity contribution in [3.8, 4) is 5.75 Å². The average Bonchev–Trinajstić information content (AvgIpc) is 2.98. The predicted octanol–water partition coefficient (Wildman–Crippen LogP) is 0.770. The standard InChI is InChI=1S/C13H14N4O4/c18-12(5-7-17-8-6-14-16-17)15-10-1-3-11(4-2-10)21-9-13(19)20/h1-4,6,8H,5,7,9H2,(H,15,18)(H,19,20). The lowest BCUT2D eigenvalue weighted by Crippen LogP contribution is -2.14. The number of hydrogen-bond donors (Lipinski definition) is 2. The predicted molar refractivity (Wildman–Crippen MR) is 72.8 cm³/mol. The number of benzene rings is 1. The molecule has 21 heavy (non-hydrogen) atoms. The third kappa shape index (κ3) is 4.94. The molecule has 0 spiro atoms. The Labute approximate surface area is 120 Å². The number of aliphatic carboxylic acids is 1. The van der Waals surface area contributed by atoms with Gasteiger partial charge < -0.3 is 15.2 Å². The molecule has 0 aliphatic carbocycles. The summed E-state index contributed by atoms with van der Waals surface area (Å²) in [7, 11) is 0. The number of amides is 1. The van der Waals surface area contributed by atoms with Crippen molar-refractivity contribution >= 4 is 17.6 Å². The van der Waals surface area contributed by atoms with Crippen LogP contribution in [-0.4, -0.2) is 38.6 Å². The summed E-state index contributed by atoms with van der Waals surface area (Å²) in [5.74, 6) is -0.761. The summed E-state index contributed by atoms with van der Waals surface area (Å²) in [5.41, 5.74) is 0.612. The molecule has 0 fully saturated rings. The van der Waals surface area contributed by atoms with Crippen LogP contribution in [0.4, 0.5) is 5.69 Å². The van der Waals surface area contributed by atoms with Gasteiger partial charge in [-0.05, 0) is 24.3 Å². The van der Waals surface area contributed by atoms with E-state index in [0.717, 1.165) is 0 Å². The molecule has 1 aromatic carbocycles. The van der Waals surface area contributed by atoms with E-state index >= 15 is 0 Å². The van der Waals surface area contributed by atoms with Gasteiger partial charge in [-0.1, -0.05) is 5.21 Å². The molecular formula is C13H14N4O4. The number of carbonyl (C=O) groups excluding carboxylic acids is 1. The highest BCUT2D eigenvalue weighted by Crippen LogP contribution is 2.15. The number of nitrogens with one attached hydrogen (secondary N) is 1. The maximum atomic E-state index is 11.7. The zero-order chi connectivity index (χ0) is 15.1. The van der Waals surface area contributed by atoms with Crippen molar-refractivity contribution in [2.45, 2.75) is 13.0 Å². The molecule has 1 heterocycles. The van der Waals surface area contributed by atoms with E-state index in [1.807, 2.05) is 0 Å². The van der Waals surface area contributed by atoms with Crippen LogP contribution in [0.3, 0.4) is 0 Å². The maximum Gasteiger partial charge on any atom is 0.341 e. The van der Waals surface area contributed by atoms with E-state index < -0.39 is 12.6 Å². The second-order valence-corrected chi connectivity index (χ2v) is 4.17. The molecule has 0 aliphatic heterocycles. The number of aryl methyl sites for hydroxylation is 1. The lowest BCUT2D eigenvalue weighted by atomic mass is 10.3. The first-order chi connectivity index (χ1) is 10.1. The number of rotatable bonds is 7. The number of carbonyl (C=O) groups is 2. The van der Waals surface area contributed by atoms with Gasteiger partial charge in [0.25, 0.3) is 0 Å². The summed E-state index contributed by atoms with van der Waals surface area (Å²) in [5, 5.41) is 18.6. The minimum absolute atomic E-state index is 0.148. The first-order valence-corrected chi connectivity index (χ1v) is 6.22. The Hall–Kier alpha value is -2.90. The maximum absolute atomic E-state index is 11.7. The molecule has 1 amide bonds. The van der Waals surface area contributed by atoms with Gasteiger partial charge in [0, 0.05) is 18.3 Å².